The fraction of sp³-hybridized carbons (Fsp3) is 0.278. The van der Waals surface area contributed by atoms with Gasteiger partial charge in [0.15, 0.2) is 0 Å². The molecule has 1 atom stereocenters. The van der Waals surface area contributed by atoms with Crippen molar-refractivity contribution in [1.29, 1.82) is 5.26 Å². The molecule has 2 aromatic rings. The molecule has 0 saturated heterocycles. The molecular formula is C18H20N2O2. The molecule has 2 N–H and O–H groups in total. The number of nitrogens with zero attached hydrogens (tertiary/aromatic N) is 1. The largest absolute Gasteiger partial charge is 0.496 e. The smallest absolute Gasteiger partial charge is 0.124 e. The zero-order valence-electron chi connectivity index (χ0n) is 12.6. The number of ether oxygens (including phenoxy) is 1. The second-order valence-corrected chi connectivity index (χ2v) is 4.99. The number of hydrogen-bond donors (Lipinski definition) is 2. The normalized spacial score (nSPS) is 11.7. The number of benzene rings is 2. The van der Waals surface area contributed by atoms with Crippen molar-refractivity contribution in [3.05, 3.63) is 65.2 Å². The zero-order chi connectivity index (χ0) is 15.8. The summed E-state index contributed by atoms with van der Waals surface area (Å²) in [6.45, 7) is 0.728. The first-order valence-corrected chi connectivity index (χ1v) is 7.24. The summed E-state index contributed by atoms with van der Waals surface area (Å²) in [7, 11) is 1.60. The number of methoxy groups -OCH3 is 1. The van der Waals surface area contributed by atoms with Crippen molar-refractivity contribution < 1.29 is 9.84 Å². The summed E-state index contributed by atoms with van der Waals surface area (Å²) in [6, 6.07) is 17.6. The van der Waals surface area contributed by atoms with Crippen molar-refractivity contribution in [3.8, 4) is 11.8 Å². The molecule has 0 radical (unpaired) electrons. The van der Waals surface area contributed by atoms with E-state index >= 15 is 0 Å². The quantitative estimate of drug-likeness (QED) is 0.824. The van der Waals surface area contributed by atoms with Gasteiger partial charge < -0.3 is 15.2 Å². The number of aliphatic hydroxyl groups is 1. The van der Waals surface area contributed by atoms with Crippen LogP contribution in [0.3, 0.4) is 0 Å². The molecular weight excluding hydrogens is 276 g/mol. The maximum Gasteiger partial charge on any atom is 0.124 e. The van der Waals surface area contributed by atoms with Crippen LogP contribution >= 0.6 is 0 Å². The topological polar surface area (TPSA) is 65.3 Å². The predicted octanol–water partition coefficient (Wildman–Crippen LogP) is 2.78. The monoisotopic (exact) mass is 296 g/mol. The second-order valence-electron chi connectivity index (χ2n) is 4.99. The Morgan fingerprint density at radius 1 is 1.23 bits per heavy atom. The Kier molecular flexibility index (Phi) is 5.96. The number of rotatable bonds is 7. The number of hydrogen-bond acceptors (Lipinski definition) is 4. The van der Waals surface area contributed by atoms with Gasteiger partial charge in [0, 0.05) is 24.8 Å². The van der Waals surface area contributed by atoms with Crippen LogP contribution < -0.4 is 10.1 Å². The van der Waals surface area contributed by atoms with Crippen molar-refractivity contribution in [1.82, 2.24) is 5.32 Å². The van der Waals surface area contributed by atoms with E-state index in [0.29, 0.717) is 24.3 Å². The van der Waals surface area contributed by atoms with Gasteiger partial charge in [-0.25, -0.2) is 0 Å². The molecule has 0 bridgehead atoms. The summed E-state index contributed by atoms with van der Waals surface area (Å²) in [5, 5.41) is 21.6. The van der Waals surface area contributed by atoms with Gasteiger partial charge in [0.25, 0.3) is 0 Å². The van der Waals surface area contributed by atoms with Gasteiger partial charge >= 0.3 is 0 Å². The van der Waals surface area contributed by atoms with Crippen LogP contribution in [0, 0.1) is 11.3 Å². The lowest BCUT2D eigenvalue weighted by Gasteiger charge is -2.19. The van der Waals surface area contributed by atoms with Crippen molar-refractivity contribution >= 4 is 0 Å². The van der Waals surface area contributed by atoms with Crippen molar-refractivity contribution in [3.63, 3.8) is 0 Å². The molecule has 0 aromatic heterocycles. The lowest BCUT2D eigenvalue weighted by molar-refractivity contribution is 0.264. The molecule has 0 spiro atoms. The Bertz CT molecular complexity index is 635. The van der Waals surface area contributed by atoms with E-state index < -0.39 is 0 Å². The van der Waals surface area contributed by atoms with E-state index in [-0.39, 0.29) is 12.6 Å². The predicted molar refractivity (Wildman–Crippen MR) is 85.4 cm³/mol. The van der Waals surface area contributed by atoms with Gasteiger partial charge in [0.1, 0.15) is 5.75 Å². The first-order chi connectivity index (χ1) is 10.8. The molecule has 2 aromatic carbocycles. The van der Waals surface area contributed by atoms with Crippen LogP contribution in [-0.4, -0.2) is 18.8 Å². The highest BCUT2D eigenvalue weighted by molar-refractivity contribution is 5.42. The standard InChI is InChI=1S/C18H20N2O2/c1-22-18-11-14(12-19)7-8-16(18)13-20-17(9-10-21)15-5-3-2-4-6-15/h2-8,11,17,20-21H,9-10,13H2,1H3. The minimum absolute atomic E-state index is 0.0755. The second kappa shape index (κ2) is 8.18. The summed E-state index contributed by atoms with van der Waals surface area (Å²) in [5.41, 5.74) is 2.71. The van der Waals surface area contributed by atoms with Gasteiger partial charge in [-0.3, -0.25) is 0 Å². The Balaban J connectivity index is 2.11. The van der Waals surface area contributed by atoms with Gasteiger partial charge in [-0.1, -0.05) is 36.4 Å². The highest BCUT2D eigenvalue weighted by Gasteiger charge is 2.12. The van der Waals surface area contributed by atoms with E-state index in [1.54, 1.807) is 19.2 Å². The first-order valence-electron chi connectivity index (χ1n) is 7.24. The van der Waals surface area contributed by atoms with E-state index in [9.17, 15) is 5.11 Å². The number of aliphatic hydroxyl groups excluding tert-OH is 1. The minimum atomic E-state index is 0.0755. The fourth-order valence-electron chi connectivity index (χ4n) is 2.39. The van der Waals surface area contributed by atoms with Crippen LogP contribution in [0.1, 0.15) is 29.2 Å². The van der Waals surface area contributed by atoms with Crippen molar-refractivity contribution in [2.75, 3.05) is 13.7 Å². The Labute approximate surface area is 131 Å². The van der Waals surface area contributed by atoms with Gasteiger partial charge in [-0.2, -0.15) is 5.26 Å². The maximum absolute atomic E-state index is 9.26. The molecule has 0 aliphatic rings. The summed E-state index contributed by atoms with van der Waals surface area (Å²) in [6.07, 6.45) is 0.641. The van der Waals surface area contributed by atoms with Gasteiger partial charge in [0.2, 0.25) is 0 Å². The fourth-order valence-corrected chi connectivity index (χ4v) is 2.39. The molecule has 0 saturated carbocycles. The van der Waals surface area contributed by atoms with Crippen LogP contribution in [0.15, 0.2) is 48.5 Å². The Morgan fingerprint density at radius 3 is 2.64 bits per heavy atom. The van der Waals surface area contributed by atoms with Crippen molar-refractivity contribution in [2.45, 2.75) is 19.0 Å². The van der Waals surface area contributed by atoms with E-state index in [1.165, 1.54) is 0 Å². The highest BCUT2D eigenvalue weighted by Crippen LogP contribution is 2.22. The molecule has 2 rings (SSSR count). The van der Waals surface area contributed by atoms with E-state index in [4.69, 9.17) is 10.00 Å². The van der Waals surface area contributed by atoms with Crippen LogP contribution in [-0.2, 0) is 6.54 Å². The lowest BCUT2D eigenvalue weighted by Crippen LogP contribution is -2.22. The van der Waals surface area contributed by atoms with E-state index in [0.717, 1.165) is 11.1 Å². The summed E-state index contributed by atoms with van der Waals surface area (Å²) >= 11 is 0. The molecule has 22 heavy (non-hydrogen) atoms. The number of nitrogens with one attached hydrogen (secondary N) is 1. The molecule has 4 nitrogen and oxygen atoms in total. The van der Waals surface area contributed by atoms with Gasteiger partial charge in [-0.15, -0.1) is 0 Å². The summed E-state index contributed by atoms with van der Waals surface area (Å²) in [5.74, 6) is 0.697. The van der Waals surface area contributed by atoms with Gasteiger partial charge in [-0.05, 0) is 24.1 Å². The SMILES string of the molecule is COc1cc(C#N)ccc1CNC(CCO)c1ccccc1. The summed E-state index contributed by atoms with van der Waals surface area (Å²) < 4.78 is 5.35. The third-order valence-electron chi connectivity index (χ3n) is 3.57. The molecule has 0 fully saturated rings. The molecule has 0 amide bonds. The van der Waals surface area contributed by atoms with E-state index in [1.807, 2.05) is 36.4 Å². The molecule has 0 aliphatic heterocycles. The highest BCUT2D eigenvalue weighted by atomic mass is 16.5. The maximum atomic E-state index is 9.26. The third kappa shape index (κ3) is 4.08. The Hall–Kier alpha value is -2.35. The average molecular weight is 296 g/mol. The molecule has 0 aliphatic carbocycles. The van der Waals surface area contributed by atoms with Crippen LogP contribution in [0.5, 0.6) is 5.75 Å². The van der Waals surface area contributed by atoms with E-state index in [2.05, 4.69) is 11.4 Å². The third-order valence-corrected chi connectivity index (χ3v) is 3.57. The Morgan fingerprint density at radius 2 is 2.00 bits per heavy atom. The van der Waals surface area contributed by atoms with Crippen LogP contribution in [0.2, 0.25) is 0 Å². The van der Waals surface area contributed by atoms with Crippen LogP contribution in [0.4, 0.5) is 0 Å². The molecule has 0 heterocycles. The van der Waals surface area contributed by atoms with Gasteiger partial charge in [0.05, 0.1) is 18.7 Å². The molecule has 4 heteroatoms. The number of nitriles is 1. The average Bonchev–Trinajstić information content (AvgIpc) is 2.59. The van der Waals surface area contributed by atoms with Crippen molar-refractivity contribution in [2.24, 2.45) is 0 Å². The van der Waals surface area contributed by atoms with Crippen LogP contribution in [0.25, 0.3) is 0 Å². The zero-order valence-corrected chi connectivity index (χ0v) is 12.6. The lowest BCUT2D eigenvalue weighted by atomic mass is 10.0. The summed E-state index contributed by atoms with van der Waals surface area (Å²) in [4.78, 5) is 0. The molecule has 1 unspecified atom stereocenters. The minimum Gasteiger partial charge on any atom is -0.496 e. The molecule has 114 valence electrons. The first kappa shape index (κ1) is 16.0.